The number of aromatic amines is 1. The van der Waals surface area contributed by atoms with Gasteiger partial charge in [-0.05, 0) is 37.0 Å². The van der Waals surface area contributed by atoms with Crippen molar-refractivity contribution in [2.24, 2.45) is 5.92 Å². The van der Waals surface area contributed by atoms with Crippen molar-refractivity contribution < 1.29 is 4.79 Å². The number of carbonyl (C=O) groups is 1. The third-order valence-corrected chi connectivity index (χ3v) is 5.53. The largest absolute Gasteiger partial charge is 0.330 e. The van der Waals surface area contributed by atoms with E-state index in [4.69, 9.17) is 11.6 Å². The lowest BCUT2D eigenvalue weighted by molar-refractivity contribution is -0.116. The Kier molecular flexibility index (Phi) is 7.56. The number of unbranched alkanes of at least 4 members (excludes halogenated alkanes) is 1. The minimum Gasteiger partial charge on any atom is -0.325 e. The van der Waals surface area contributed by atoms with Gasteiger partial charge in [-0.2, -0.15) is 0 Å². The van der Waals surface area contributed by atoms with Gasteiger partial charge in [0.15, 0.2) is 11.2 Å². The predicted octanol–water partition coefficient (Wildman–Crippen LogP) is 3.88. The molecule has 0 radical (unpaired) electrons. The average Bonchev–Trinajstić information content (AvgIpc) is 3.06. The lowest BCUT2D eigenvalue weighted by Crippen LogP contribution is -2.31. The van der Waals surface area contributed by atoms with Gasteiger partial charge in [-0.25, -0.2) is 9.78 Å². The number of amides is 1. The maximum absolute atomic E-state index is 12.7. The number of fused-ring (bicyclic) bond motifs is 1. The van der Waals surface area contributed by atoms with Crippen molar-refractivity contribution in [3.05, 3.63) is 55.4 Å². The third kappa shape index (κ3) is 5.30. The van der Waals surface area contributed by atoms with E-state index in [0.717, 1.165) is 18.4 Å². The lowest BCUT2D eigenvalue weighted by atomic mass is 10.2. The van der Waals surface area contributed by atoms with Crippen LogP contribution in [0.2, 0.25) is 5.02 Å². The van der Waals surface area contributed by atoms with Gasteiger partial charge in [-0.3, -0.25) is 19.1 Å². The number of hydrogen-bond acceptors (Lipinski definition) is 4. The Balaban J connectivity index is 1.92. The molecule has 2 heterocycles. The van der Waals surface area contributed by atoms with Crippen LogP contribution in [0.15, 0.2) is 27.8 Å². The Bertz CT molecular complexity index is 1240. The first-order valence-electron chi connectivity index (χ1n) is 11.0. The van der Waals surface area contributed by atoms with Crippen LogP contribution in [-0.2, 0) is 24.3 Å². The predicted molar refractivity (Wildman–Crippen MR) is 127 cm³/mol. The molecular formula is C23H30ClN5O3. The highest BCUT2D eigenvalue weighted by atomic mass is 35.5. The first kappa shape index (κ1) is 23.8. The molecule has 2 N–H and O–H groups in total. The highest BCUT2D eigenvalue weighted by Crippen LogP contribution is 2.23. The number of nitrogens with one attached hydrogen (secondary N) is 2. The van der Waals surface area contributed by atoms with E-state index in [9.17, 15) is 14.4 Å². The van der Waals surface area contributed by atoms with Gasteiger partial charge < -0.3 is 9.88 Å². The number of carbonyl (C=O) groups excluding carboxylic acids is 1. The molecule has 0 bridgehead atoms. The molecule has 0 fully saturated rings. The average molecular weight is 460 g/mol. The van der Waals surface area contributed by atoms with Crippen LogP contribution in [0.1, 0.15) is 51.4 Å². The Hall–Kier alpha value is -2.87. The van der Waals surface area contributed by atoms with Gasteiger partial charge in [0.25, 0.3) is 5.56 Å². The molecule has 0 atom stereocenters. The van der Waals surface area contributed by atoms with Crippen molar-refractivity contribution in [2.45, 2.75) is 66.5 Å². The molecular weight excluding hydrogens is 430 g/mol. The Labute approximate surface area is 191 Å². The summed E-state index contributed by atoms with van der Waals surface area (Å²) in [6.45, 7) is 9.10. The second-order valence-electron chi connectivity index (χ2n) is 8.50. The number of halogens is 1. The summed E-state index contributed by atoms with van der Waals surface area (Å²) in [6, 6.07) is 5.45. The van der Waals surface area contributed by atoms with Crippen molar-refractivity contribution in [1.82, 2.24) is 19.1 Å². The van der Waals surface area contributed by atoms with E-state index in [1.165, 1.54) is 4.57 Å². The molecule has 32 heavy (non-hydrogen) atoms. The van der Waals surface area contributed by atoms with E-state index in [1.807, 2.05) is 38.3 Å². The van der Waals surface area contributed by atoms with E-state index < -0.39 is 11.2 Å². The Morgan fingerprint density at radius 2 is 2.00 bits per heavy atom. The second kappa shape index (κ2) is 10.2. The van der Waals surface area contributed by atoms with E-state index in [1.54, 1.807) is 12.1 Å². The number of aryl methyl sites for hydroxylation is 3. The summed E-state index contributed by atoms with van der Waals surface area (Å²) in [7, 11) is 0. The smallest absolute Gasteiger partial charge is 0.325 e. The topological polar surface area (TPSA) is 102 Å². The van der Waals surface area contributed by atoms with Gasteiger partial charge in [0.05, 0.1) is 10.7 Å². The summed E-state index contributed by atoms with van der Waals surface area (Å²) < 4.78 is 3.36. The minimum atomic E-state index is -0.455. The molecule has 0 aliphatic rings. The van der Waals surface area contributed by atoms with Crippen LogP contribution in [-0.4, -0.2) is 25.0 Å². The summed E-state index contributed by atoms with van der Waals surface area (Å²) in [5.74, 6) is 0.665. The quantitative estimate of drug-likeness (QED) is 0.507. The maximum Gasteiger partial charge on any atom is 0.330 e. The van der Waals surface area contributed by atoms with Crippen LogP contribution >= 0.6 is 11.6 Å². The summed E-state index contributed by atoms with van der Waals surface area (Å²) in [5.41, 5.74) is 1.42. The Morgan fingerprint density at radius 3 is 2.66 bits per heavy atom. The molecule has 2 aromatic heterocycles. The second-order valence-corrected chi connectivity index (χ2v) is 8.91. The van der Waals surface area contributed by atoms with Gasteiger partial charge in [-0.15, -0.1) is 0 Å². The van der Waals surface area contributed by atoms with Gasteiger partial charge in [-0.1, -0.05) is 44.9 Å². The zero-order valence-electron chi connectivity index (χ0n) is 19.0. The molecule has 0 spiro atoms. The minimum absolute atomic E-state index is 0.169. The molecule has 0 aliphatic carbocycles. The fourth-order valence-electron chi connectivity index (χ4n) is 3.65. The number of aromatic nitrogens is 4. The molecule has 1 amide bonds. The van der Waals surface area contributed by atoms with Crippen molar-refractivity contribution in [1.29, 1.82) is 0 Å². The van der Waals surface area contributed by atoms with Crippen molar-refractivity contribution in [2.75, 3.05) is 5.32 Å². The number of hydrogen-bond donors (Lipinski definition) is 2. The molecule has 3 aromatic rings. The summed E-state index contributed by atoms with van der Waals surface area (Å²) in [6.07, 6.45) is 2.21. The number of H-pyrrole nitrogens is 1. The first-order chi connectivity index (χ1) is 15.2. The molecule has 0 aliphatic heterocycles. The number of rotatable bonds is 9. The van der Waals surface area contributed by atoms with Crippen LogP contribution in [0.4, 0.5) is 5.69 Å². The van der Waals surface area contributed by atoms with Gasteiger partial charge in [0, 0.05) is 25.9 Å². The van der Waals surface area contributed by atoms with E-state index in [-0.39, 0.29) is 18.2 Å². The van der Waals surface area contributed by atoms with Crippen LogP contribution in [0.25, 0.3) is 11.2 Å². The van der Waals surface area contributed by atoms with Crippen LogP contribution in [0.3, 0.4) is 0 Å². The van der Waals surface area contributed by atoms with Crippen LogP contribution < -0.4 is 16.6 Å². The highest BCUT2D eigenvalue weighted by molar-refractivity contribution is 6.33. The SMILES string of the molecule is CCCCn1c(=O)[nH]c(=O)c2c1nc(CCC(=O)Nc1ccc(C)cc1Cl)n2CC(C)C. The third-order valence-electron chi connectivity index (χ3n) is 5.22. The van der Waals surface area contributed by atoms with Crippen molar-refractivity contribution >= 4 is 34.4 Å². The van der Waals surface area contributed by atoms with E-state index >= 15 is 0 Å². The zero-order chi connectivity index (χ0) is 23.4. The fraction of sp³-hybridized carbons (Fsp3) is 0.478. The van der Waals surface area contributed by atoms with Crippen LogP contribution in [0, 0.1) is 12.8 Å². The molecule has 0 unspecified atom stereocenters. The summed E-state index contributed by atoms with van der Waals surface area (Å²) in [4.78, 5) is 44.7. The summed E-state index contributed by atoms with van der Waals surface area (Å²) >= 11 is 6.22. The van der Waals surface area contributed by atoms with Gasteiger partial charge in [0.1, 0.15) is 5.82 Å². The fourth-order valence-corrected chi connectivity index (χ4v) is 3.94. The highest BCUT2D eigenvalue weighted by Gasteiger charge is 2.20. The van der Waals surface area contributed by atoms with Gasteiger partial charge >= 0.3 is 5.69 Å². The number of imidazole rings is 1. The normalized spacial score (nSPS) is 11.4. The Morgan fingerprint density at radius 1 is 1.25 bits per heavy atom. The first-order valence-corrected chi connectivity index (χ1v) is 11.4. The molecule has 0 saturated heterocycles. The molecule has 172 valence electrons. The van der Waals surface area contributed by atoms with Crippen molar-refractivity contribution in [3.63, 3.8) is 0 Å². The number of benzene rings is 1. The molecule has 1 aromatic carbocycles. The lowest BCUT2D eigenvalue weighted by Gasteiger charge is -2.12. The monoisotopic (exact) mass is 459 g/mol. The van der Waals surface area contributed by atoms with E-state index in [2.05, 4.69) is 15.3 Å². The summed E-state index contributed by atoms with van der Waals surface area (Å²) in [5, 5.41) is 3.31. The maximum atomic E-state index is 12.7. The van der Waals surface area contributed by atoms with Gasteiger partial charge in [0.2, 0.25) is 5.91 Å². The standard InChI is InChI=1S/C23H30ClN5O3/c1-5-6-11-28-21-20(22(31)27-23(28)32)29(13-14(2)3)18(26-21)9-10-19(30)25-17-8-7-15(4)12-16(17)24/h7-8,12,14H,5-6,9-11,13H2,1-4H3,(H,25,30)(H,27,31,32). The van der Waals surface area contributed by atoms with Crippen LogP contribution in [0.5, 0.6) is 0 Å². The molecule has 0 saturated carbocycles. The molecule has 8 nitrogen and oxygen atoms in total. The number of anilines is 1. The zero-order valence-corrected chi connectivity index (χ0v) is 19.8. The molecule has 3 rings (SSSR count). The van der Waals surface area contributed by atoms with Crippen molar-refractivity contribution in [3.8, 4) is 0 Å². The van der Waals surface area contributed by atoms with E-state index in [0.29, 0.717) is 47.2 Å². The molecule has 9 heteroatoms. The number of nitrogens with zero attached hydrogens (tertiary/aromatic N) is 3.